The summed E-state index contributed by atoms with van der Waals surface area (Å²) in [5.74, 6) is 0.151. The first-order valence-corrected chi connectivity index (χ1v) is 11.6. The van der Waals surface area contributed by atoms with E-state index < -0.39 is 0 Å². The SMILES string of the molecule is CCC1CCCCN1C(=O)CCCN1C(=O)C(=CC=Cc2ccccc2)SC1=S. The summed E-state index contributed by atoms with van der Waals surface area (Å²) < 4.78 is 0.575. The fraction of sp³-hybridized carbons (Fsp3) is 0.435. The number of amides is 2. The fourth-order valence-corrected chi connectivity index (χ4v) is 5.06. The minimum absolute atomic E-state index is 0.0606. The minimum Gasteiger partial charge on any atom is -0.340 e. The molecule has 2 aliphatic heterocycles. The number of thiocarbonyl (C=S) groups is 1. The molecule has 3 rings (SSSR count). The van der Waals surface area contributed by atoms with Gasteiger partial charge in [0.25, 0.3) is 5.91 Å². The lowest BCUT2D eigenvalue weighted by atomic mass is 9.99. The molecule has 154 valence electrons. The van der Waals surface area contributed by atoms with E-state index in [0.29, 0.717) is 34.7 Å². The highest BCUT2D eigenvalue weighted by molar-refractivity contribution is 8.26. The zero-order valence-electron chi connectivity index (χ0n) is 16.9. The molecule has 2 heterocycles. The van der Waals surface area contributed by atoms with Gasteiger partial charge in [-0.1, -0.05) is 73.4 Å². The summed E-state index contributed by atoms with van der Waals surface area (Å²) in [6, 6.07) is 10.3. The molecule has 2 fully saturated rings. The Morgan fingerprint density at radius 1 is 1.28 bits per heavy atom. The first-order chi connectivity index (χ1) is 14.1. The molecule has 4 nitrogen and oxygen atoms in total. The van der Waals surface area contributed by atoms with Crippen molar-refractivity contribution in [2.75, 3.05) is 13.1 Å². The lowest BCUT2D eigenvalue weighted by Gasteiger charge is -2.35. The Hall–Kier alpha value is -1.92. The number of benzene rings is 1. The van der Waals surface area contributed by atoms with Gasteiger partial charge in [0.15, 0.2) is 0 Å². The van der Waals surface area contributed by atoms with Crippen LogP contribution in [0, 0.1) is 0 Å². The van der Waals surface area contributed by atoms with Crippen molar-refractivity contribution in [2.24, 2.45) is 0 Å². The number of nitrogens with zero attached hydrogens (tertiary/aromatic N) is 2. The number of allylic oxidation sites excluding steroid dienone is 2. The monoisotopic (exact) mass is 428 g/mol. The highest BCUT2D eigenvalue weighted by Gasteiger charge is 2.31. The number of carbonyl (C=O) groups is 2. The van der Waals surface area contributed by atoms with Crippen molar-refractivity contribution < 1.29 is 9.59 Å². The largest absolute Gasteiger partial charge is 0.340 e. The first-order valence-electron chi connectivity index (χ1n) is 10.4. The standard InChI is InChI=1S/C23H28N2O2S2/c1-2-19-13-6-7-16-24(19)21(26)15-9-17-25-22(27)20(29-23(25)28)14-8-12-18-10-4-3-5-11-18/h3-5,8,10-12,14,19H,2,6-7,9,13,15-17H2,1H3. The van der Waals surface area contributed by atoms with Crippen molar-refractivity contribution >= 4 is 46.2 Å². The van der Waals surface area contributed by atoms with Gasteiger partial charge in [-0.3, -0.25) is 14.5 Å². The summed E-state index contributed by atoms with van der Waals surface area (Å²) in [5, 5.41) is 0. The van der Waals surface area contributed by atoms with Crippen LogP contribution in [0.4, 0.5) is 0 Å². The molecule has 0 radical (unpaired) electrons. The van der Waals surface area contributed by atoms with Gasteiger partial charge in [-0.15, -0.1) is 0 Å². The van der Waals surface area contributed by atoms with Crippen LogP contribution >= 0.6 is 24.0 Å². The lowest BCUT2D eigenvalue weighted by molar-refractivity contribution is -0.135. The molecule has 29 heavy (non-hydrogen) atoms. The van der Waals surface area contributed by atoms with E-state index in [1.807, 2.05) is 53.5 Å². The molecule has 1 atom stereocenters. The fourth-order valence-electron chi connectivity index (χ4n) is 3.80. The Labute approximate surface area is 183 Å². The van der Waals surface area contributed by atoms with Crippen LogP contribution in [-0.4, -0.2) is 45.1 Å². The van der Waals surface area contributed by atoms with Gasteiger partial charge in [-0.05, 0) is 43.7 Å². The second-order valence-corrected chi connectivity index (χ2v) is 9.05. The van der Waals surface area contributed by atoms with Gasteiger partial charge in [0.05, 0.1) is 4.91 Å². The van der Waals surface area contributed by atoms with E-state index in [2.05, 4.69) is 6.92 Å². The van der Waals surface area contributed by atoms with Crippen LogP contribution < -0.4 is 0 Å². The van der Waals surface area contributed by atoms with Crippen LogP contribution in [-0.2, 0) is 9.59 Å². The summed E-state index contributed by atoms with van der Waals surface area (Å²) >= 11 is 6.72. The molecule has 0 aliphatic carbocycles. The van der Waals surface area contributed by atoms with Crippen molar-refractivity contribution in [1.29, 1.82) is 0 Å². The lowest BCUT2D eigenvalue weighted by Crippen LogP contribution is -2.43. The molecule has 6 heteroatoms. The second-order valence-electron chi connectivity index (χ2n) is 7.37. The number of carbonyl (C=O) groups excluding carboxylic acids is 2. The van der Waals surface area contributed by atoms with E-state index in [4.69, 9.17) is 12.2 Å². The van der Waals surface area contributed by atoms with Gasteiger partial charge in [-0.25, -0.2) is 0 Å². The molecular formula is C23H28N2O2S2. The minimum atomic E-state index is -0.0606. The van der Waals surface area contributed by atoms with Crippen LogP contribution in [0.5, 0.6) is 0 Å². The van der Waals surface area contributed by atoms with Crippen LogP contribution in [0.1, 0.15) is 51.0 Å². The van der Waals surface area contributed by atoms with Crippen molar-refractivity contribution in [1.82, 2.24) is 9.80 Å². The maximum absolute atomic E-state index is 12.7. The van der Waals surface area contributed by atoms with Crippen LogP contribution in [0.2, 0.25) is 0 Å². The van der Waals surface area contributed by atoms with E-state index in [-0.39, 0.29) is 11.8 Å². The van der Waals surface area contributed by atoms with E-state index in [0.717, 1.165) is 31.4 Å². The maximum Gasteiger partial charge on any atom is 0.266 e. The van der Waals surface area contributed by atoms with Crippen molar-refractivity contribution in [3.8, 4) is 0 Å². The predicted molar refractivity (Wildman–Crippen MR) is 124 cm³/mol. The molecule has 2 saturated heterocycles. The molecular weight excluding hydrogens is 400 g/mol. The smallest absolute Gasteiger partial charge is 0.266 e. The third kappa shape index (κ3) is 5.80. The molecule has 0 spiro atoms. The number of thioether (sulfide) groups is 1. The van der Waals surface area contributed by atoms with E-state index in [1.54, 1.807) is 4.90 Å². The highest BCUT2D eigenvalue weighted by atomic mass is 32.2. The molecule has 0 N–H and O–H groups in total. The molecule has 1 aromatic rings. The van der Waals surface area contributed by atoms with Crippen LogP contribution in [0.15, 0.2) is 47.4 Å². The Morgan fingerprint density at radius 2 is 2.07 bits per heavy atom. The van der Waals surface area contributed by atoms with Gasteiger partial charge < -0.3 is 4.90 Å². The van der Waals surface area contributed by atoms with Crippen molar-refractivity contribution in [3.63, 3.8) is 0 Å². The third-order valence-electron chi connectivity index (χ3n) is 5.40. The summed E-state index contributed by atoms with van der Waals surface area (Å²) in [4.78, 5) is 29.6. The Morgan fingerprint density at radius 3 is 2.83 bits per heavy atom. The predicted octanol–water partition coefficient (Wildman–Crippen LogP) is 5.02. The summed E-state index contributed by atoms with van der Waals surface area (Å²) in [6.45, 7) is 3.52. The van der Waals surface area contributed by atoms with E-state index >= 15 is 0 Å². The molecule has 1 aromatic carbocycles. The maximum atomic E-state index is 12.7. The van der Waals surface area contributed by atoms with Gasteiger partial charge >= 0.3 is 0 Å². The summed E-state index contributed by atoms with van der Waals surface area (Å²) in [5.41, 5.74) is 1.08. The number of hydrogen-bond acceptors (Lipinski definition) is 4. The highest BCUT2D eigenvalue weighted by Crippen LogP contribution is 2.31. The molecule has 1 unspecified atom stereocenters. The van der Waals surface area contributed by atoms with Gasteiger partial charge in [0.1, 0.15) is 4.32 Å². The second kappa shape index (κ2) is 10.7. The molecule has 2 amide bonds. The number of rotatable bonds is 7. The number of hydrogen-bond donors (Lipinski definition) is 0. The molecule has 0 aromatic heterocycles. The first kappa shape index (κ1) is 21.8. The Balaban J connectivity index is 1.50. The molecule has 0 saturated carbocycles. The van der Waals surface area contributed by atoms with E-state index in [1.165, 1.54) is 18.2 Å². The van der Waals surface area contributed by atoms with Crippen LogP contribution in [0.25, 0.3) is 6.08 Å². The Kier molecular flexibility index (Phi) is 8.07. The average molecular weight is 429 g/mol. The third-order valence-corrected chi connectivity index (χ3v) is 6.80. The molecule has 0 bridgehead atoms. The van der Waals surface area contributed by atoms with Crippen LogP contribution in [0.3, 0.4) is 0 Å². The van der Waals surface area contributed by atoms with Gasteiger partial charge in [0, 0.05) is 25.6 Å². The number of likely N-dealkylation sites (tertiary alicyclic amines) is 1. The molecule has 2 aliphatic rings. The van der Waals surface area contributed by atoms with Crippen molar-refractivity contribution in [2.45, 2.75) is 51.5 Å². The van der Waals surface area contributed by atoms with E-state index in [9.17, 15) is 9.59 Å². The quantitative estimate of drug-likeness (QED) is 0.452. The summed E-state index contributed by atoms with van der Waals surface area (Å²) in [7, 11) is 0. The zero-order valence-corrected chi connectivity index (χ0v) is 18.5. The zero-order chi connectivity index (χ0) is 20.6. The number of piperidine rings is 1. The van der Waals surface area contributed by atoms with Gasteiger partial charge in [-0.2, -0.15) is 0 Å². The summed E-state index contributed by atoms with van der Waals surface area (Å²) in [6.07, 6.45) is 11.2. The Bertz CT molecular complexity index is 804. The topological polar surface area (TPSA) is 40.6 Å². The van der Waals surface area contributed by atoms with Crippen molar-refractivity contribution in [3.05, 3.63) is 53.0 Å². The van der Waals surface area contributed by atoms with Gasteiger partial charge in [0.2, 0.25) is 5.91 Å². The normalized spacial score (nSPS) is 21.6. The average Bonchev–Trinajstić information content (AvgIpc) is 3.02.